The Morgan fingerprint density at radius 3 is 2.18 bits per heavy atom. The predicted molar refractivity (Wildman–Crippen MR) is 137 cm³/mol. The van der Waals surface area contributed by atoms with Crippen molar-refractivity contribution in [1.29, 1.82) is 0 Å². The lowest BCUT2D eigenvalue weighted by Gasteiger charge is -2.33. The van der Waals surface area contributed by atoms with Crippen LogP contribution < -0.4 is 9.64 Å². The first-order chi connectivity index (χ1) is 16.1. The Hall–Kier alpha value is -2.55. The first-order valence-corrected chi connectivity index (χ1v) is 12.3. The number of carbonyl (C=O) groups excluding carboxylic acids is 1. The second kappa shape index (κ2) is 12.8. The molecule has 186 valence electrons. The minimum absolute atomic E-state index is 0.249. The average molecular weight is 489 g/mol. The van der Waals surface area contributed by atoms with Crippen LogP contribution in [0, 0.1) is 0 Å². The number of fused-ring (bicyclic) bond motifs is 1. The van der Waals surface area contributed by atoms with Crippen LogP contribution in [0.15, 0.2) is 53.4 Å². The highest BCUT2D eigenvalue weighted by Gasteiger charge is 2.37. The number of aliphatic hydroxyl groups is 1. The van der Waals surface area contributed by atoms with E-state index in [1.807, 2.05) is 48.5 Å². The van der Waals surface area contributed by atoms with E-state index in [0.29, 0.717) is 18.6 Å². The summed E-state index contributed by atoms with van der Waals surface area (Å²) in [5.41, 5.74) is 1.78. The highest BCUT2D eigenvalue weighted by atomic mass is 32.2. The topological polar surface area (TPSA) is 90.3 Å². The predicted octanol–water partition coefficient (Wildman–Crippen LogP) is 4.45. The first-order valence-electron chi connectivity index (χ1n) is 11.4. The number of methoxy groups -OCH3 is 1. The number of ether oxygens (including phenoxy) is 1. The van der Waals surface area contributed by atoms with Crippen molar-refractivity contribution in [2.24, 2.45) is 0 Å². The van der Waals surface area contributed by atoms with Crippen LogP contribution >= 0.6 is 11.8 Å². The lowest BCUT2D eigenvalue weighted by Crippen LogP contribution is -2.47. The zero-order valence-corrected chi connectivity index (χ0v) is 21.6. The number of para-hydroxylation sites is 1. The molecule has 2 N–H and O–H groups in total. The van der Waals surface area contributed by atoms with E-state index >= 15 is 0 Å². The maximum atomic E-state index is 13.4. The van der Waals surface area contributed by atoms with E-state index < -0.39 is 12.1 Å². The summed E-state index contributed by atoms with van der Waals surface area (Å²) in [5, 5.41) is 18.1. The van der Waals surface area contributed by atoms with E-state index in [4.69, 9.17) is 14.6 Å². The number of thioether (sulfide) groups is 1. The second-order valence-corrected chi connectivity index (χ2v) is 9.84. The number of nitrogens with zero attached hydrogens (tertiary/aromatic N) is 2. The van der Waals surface area contributed by atoms with Gasteiger partial charge in [0.2, 0.25) is 0 Å². The summed E-state index contributed by atoms with van der Waals surface area (Å²) >= 11 is 1.54. The van der Waals surface area contributed by atoms with Crippen LogP contribution in [0.5, 0.6) is 5.75 Å². The molecule has 2 aromatic rings. The summed E-state index contributed by atoms with van der Waals surface area (Å²) in [6, 6.07) is 16.3. The molecule has 2 aromatic carbocycles. The van der Waals surface area contributed by atoms with Gasteiger partial charge in [0.25, 0.3) is 11.9 Å². The number of amides is 1. The molecule has 1 aliphatic heterocycles. The summed E-state index contributed by atoms with van der Waals surface area (Å²) in [4.78, 5) is 27.5. The number of hydrogen-bond acceptors (Lipinski definition) is 6. The number of aliphatic hydroxyl groups excluding tert-OH is 1. The number of anilines is 1. The van der Waals surface area contributed by atoms with E-state index in [-0.39, 0.29) is 11.2 Å². The molecule has 0 spiro atoms. The zero-order valence-electron chi connectivity index (χ0n) is 20.8. The third kappa shape index (κ3) is 7.22. The van der Waals surface area contributed by atoms with Crippen LogP contribution in [-0.4, -0.2) is 65.4 Å². The minimum atomic E-state index is -1.12. The van der Waals surface area contributed by atoms with Gasteiger partial charge in [-0.1, -0.05) is 24.3 Å². The minimum Gasteiger partial charge on any atom is -0.497 e. The van der Waals surface area contributed by atoms with Crippen LogP contribution in [0.4, 0.5) is 5.69 Å². The quantitative estimate of drug-likeness (QED) is 0.595. The largest absolute Gasteiger partial charge is 0.497 e. The molecular weight excluding hydrogens is 452 g/mol. The number of rotatable bonds is 7. The summed E-state index contributed by atoms with van der Waals surface area (Å²) in [5.74, 6) is -0.330. The number of carboxylic acid groups (broad SMARTS) is 1. The Balaban J connectivity index is 0.000000945. The summed E-state index contributed by atoms with van der Waals surface area (Å²) in [6.07, 6.45) is -1.12. The van der Waals surface area contributed by atoms with Gasteiger partial charge in [0.1, 0.15) is 11.9 Å². The van der Waals surface area contributed by atoms with E-state index in [1.165, 1.54) is 11.8 Å². The standard InChI is InChI=1S/C24H32N2O3S.C2H4O2/c1-16(2)25(17(3)4)14-15-26-20-8-6-7-9-21(20)30-23(22(27)24(26)28)18-10-12-19(29-5)13-11-18;1-2(3)4/h6-13,16-17,22-23,27H,14-15H2,1-5H3;1H3,(H,3,4). The van der Waals surface area contributed by atoms with Crippen LogP contribution in [0.2, 0.25) is 0 Å². The molecular formula is C26H36N2O5S. The van der Waals surface area contributed by atoms with Crippen LogP contribution in [0.3, 0.4) is 0 Å². The molecule has 1 amide bonds. The van der Waals surface area contributed by atoms with Gasteiger partial charge in [-0.3, -0.25) is 14.5 Å². The molecule has 1 aliphatic rings. The molecule has 2 unspecified atom stereocenters. The van der Waals surface area contributed by atoms with E-state index in [0.717, 1.165) is 35.4 Å². The molecule has 8 heteroatoms. The Kier molecular flexibility index (Phi) is 10.4. The number of carboxylic acids is 1. The lowest BCUT2D eigenvalue weighted by molar-refractivity contribution is -0.134. The van der Waals surface area contributed by atoms with Crippen LogP contribution in [0.1, 0.15) is 45.4 Å². The number of benzene rings is 2. The van der Waals surface area contributed by atoms with Gasteiger partial charge in [0.15, 0.2) is 0 Å². The summed E-state index contributed by atoms with van der Waals surface area (Å²) in [6.45, 7) is 11.1. The molecule has 0 saturated heterocycles. The zero-order chi connectivity index (χ0) is 25.4. The van der Waals surface area contributed by atoms with E-state index in [1.54, 1.807) is 12.0 Å². The van der Waals surface area contributed by atoms with Gasteiger partial charge in [-0.05, 0) is 57.5 Å². The number of hydrogen-bond donors (Lipinski definition) is 2. The molecule has 2 atom stereocenters. The van der Waals surface area contributed by atoms with Crippen molar-refractivity contribution in [1.82, 2.24) is 4.90 Å². The van der Waals surface area contributed by atoms with Crippen molar-refractivity contribution in [3.63, 3.8) is 0 Å². The normalized spacial score (nSPS) is 17.8. The molecule has 0 saturated carbocycles. The van der Waals surface area contributed by atoms with Gasteiger partial charge in [-0.2, -0.15) is 0 Å². The molecule has 0 fully saturated rings. The Labute approximate surface area is 206 Å². The van der Waals surface area contributed by atoms with Crippen LogP contribution in [-0.2, 0) is 9.59 Å². The highest BCUT2D eigenvalue weighted by Crippen LogP contribution is 2.45. The summed E-state index contributed by atoms with van der Waals surface area (Å²) in [7, 11) is 1.62. The van der Waals surface area contributed by atoms with Gasteiger partial charge < -0.3 is 19.8 Å². The fourth-order valence-corrected chi connectivity index (χ4v) is 5.26. The lowest BCUT2D eigenvalue weighted by atomic mass is 10.1. The van der Waals surface area contributed by atoms with Gasteiger partial charge in [-0.15, -0.1) is 11.8 Å². The molecule has 3 rings (SSSR count). The molecule has 34 heavy (non-hydrogen) atoms. The Morgan fingerprint density at radius 2 is 1.65 bits per heavy atom. The van der Waals surface area contributed by atoms with Gasteiger partial charge >= 0.3 is 0 Å². The molecule has 0 aliphatic carbocycles. The third-order valence-corrected chi connectivity index (χ3v) is 6.95. The third-order valence-electron chi connectivity index (χ3n) is 5.57. The van der Waals surface area contributed by atoms with Gasteiger partial charge in [-0.25, -0.2) is 0 Å². The van der Waals surface area contributed by atoms with Crippen molar-refractivity contribution in [3.05, 3.63) is 54.1 Å². The van der Waals surface area contributed by atoms with Gasteiger partial charge in [0.05, 0.1) is 18.0 Å². The number of aliphatic carboxylic acids is 1. The van der Waals surface area contributed by atoms with Crippen molar-refractivity contribution >= 4 is 29.3 Å². The Bertz CT molecular complexity index is 936. The summed E-state index contributed by atoms with van der Waals surface area (Å²) < 4.78 is 5.25. The fraction of sp³-hybridized carbons (Fsp3) is 0.462. The second-order valence-electron chi connectivity index (χ2n) is 8.66. The Morgan fingerprint density at radius 1 is 1.09 bits per heavy atom. The molecule has 0 aromatic heterocycles. The first kappa shape index (κ1) is 27.7. The smallest absolute Gasteiger partial charge is 0.300 e. The van der Waals surface area contributed by atoms with Crippen molar-refractivity contribution in [2.75, 3.05) is 25.1 Å². The maximum absolute atomic E-state index is 13.4. The van der Waals surface area contributed by atoms with Crippen molar-refractivity contribution in [2.45, 2.75) is 63.0 Å². The van der Waals surface area contributed by atoms with Crippen LogP contribution in [0.25, 0.3) is 0 Å². The molecule has 0 bridgehead atoms. The van der Waals surface area contributed by atoms with Gasteiger partial charge in [0, 0.05) is 37.0 Å². The molecule has 7 nitrogen and oxygen atoms in total. The molecule has 0 radical (unpaired) electrons. The highest BCUT2D eigenvalue weighted by molar-refractivity contribution is 7.99. The van der Waals surface area contributed by atoms with Crippen molar-refractivity contribution < 1.29 is 24.5 Å². The number of carbonyl (C=O) groups is 2. The molecule has 1 heterocycles. The van der Waals surface area contributed by atoms with Crippen molar-refractivity contribution in [3.8, 4) is 5.75 Å². The SMILES string of the molecule is CC(=O)O.COc1ccc(C2Sc3ccccc3N(CCN(C(C)C)C(C)C)C(=O)C2O)cc1. The average Bonchev–Trinajstić information content (AvgIpc) is 2.88. The maximum Gasteiger partial charge on any atom is 0.300 e. The fourth-order valence-electron chi connectivity index (χ4n) is 3.99. The monoisotopic (exact) mass is 488 g/mol. The van der Waals surface area contributed by atoms with E-state index in [9.17, 15) is 9.90 Å². The van der Waals surface area contributed by atoms with E-state index in [2.05, 4.69) is 32.6 Å².